The standard InChI is InChI=1S/C15H18N8O/c1-21-10-11(8-19-21)12-9-18-14-3-2-13(20-23(12)14)16-4-6-22-7-5-17-15(22)24/h2-3,8-10H,4-7H2,1H3,(H,16,20)(H,17,24). The van der Waals surface area contributed by atoms with Gasteiger partial charge in [0.05, 0.1) is 18.1 Å². The normalized spacial score (nSPS) is 14.4. The lowest BCUT2D eigenvalue weighted by atomic mass is 10.3. The summed E-state index contributed by atoms with van der Waals surface area (Å²) in [5, 5.41) is 14.8. The van der Waals surface area contributed by atoms with Crippen LogP contribution in [0.2, 0.25) is 0 Å². The number of urea groups is 1. The van der Waals surface area contributed by atoms with Gasteiger partial charge in [0.25, 0.3) is 0 Å². The van der Waals surface area contributed by atoms with E-state index >= 15 is 0 Å². The van der Waals surface area contributed by atoms with E-state index in [0.29, 0.717) is 19.6 Å². The Labute approximate surface area is 138 Å². The van der Waals surface area contributed by atoms with Gasteiger partial charge in [0.15, 0.2) is 5.65 Å². The molecule has 0 spiro atoms. The van der Waals surface area contributed by atoms with Crippen LogP contribution < -0.4 is 10.6 Å². The lowest BCUT2D eigenvalue weighted by Crippen LogP contribution is -2.32. The fraction of sp³-hybridized carbons (Fsp3) is 0.333. The lowest BCUT2D eigenvalue weighted by molar-refractivity contribution is 0.219. The molecule has 4 rings (SSSR count). The van der Waals surface area contributed by atoms with E-state index in [0.717, 1.165) is 29.3 Å². The molecule has 0 aromatic carbocycles. The quantitative estimate of drug-likeness (QED) is 0.715. The highest BCUT2D eigenvalue weighted by Gasteiger charge is 2.18. The van der Waals surface area contributed by atoms with Crippen LogP contribution in [0, 0.1) is 0 Å². The number of aromatic nitrogens is 5. The van der Waals surface area contributed by atoms with E-state index in [1.54, 1.807) is 26.5 Å². The predicted octanol–water partition coefficient (Wildman–Crippen LogP) is 0.567. The molecule has 2 amide bonds. The summed E-state index contributed by atoms with van der Waals surface area (Å²) in [5.74, 6) is 0.741. The van der Waals surface area contributed by atoms with E-state index < -0.39 is 0 Å². The van der Waals surface area contributed by atoms with Crippen molar-refractivity contribution in [1.82, 2.24) is 34.6 Å². The number of carbonyl (C=O) groups is 1. The van der Waals surface area contributed by atoms with Crippen LogP contribution in [0.1, 0.15) is 0 Å². The van der Waals surface area contributed by atoms with Gasteiger partial charge >= 0.3 is 6.03 Å². The van der Waals surface area contributed by atoms with Crippen molar-refractivity contribution in [2.24, 2.45) is 7.05 Å². The van der Waals surface area contributed by atoms with Gasteiger partial charge in [-0.3, -0.25) is 4.68 Å². The second kappa shape index (κ2) is 5.84. The van der Waals surface area contributed by atoms with Crippen LogP contribution in [-0.4, -0.2) is 61.5 Å². The average molecular weight is 326 g/mol. The molecular formula is C15H18N8O. The van der Waals surface area contributed by atoms with Crippen molar-refractivity contribution in [3.63, 3.8) is 0 Å². The zero-order valence-corrected chi connectivity index (χ0v) is 13.3. The van der Waals surface area contributed by atoms with Crippen molar-refractivity contribution in [1.29, 1.82) is 0 Å². The molecular weight excluding hydrogens is 308 g/mol. The van der Waals surface area contributed by atoms with Gasteiger partial charge in [0, 0.05) is 45.0 Å². The number of anilines is 1. The van der Waals surface area contributed by atoms with Gasteiger partial charge in [-0.15, -0.1) is 5.10 Å². The van der Waals surface area contributed by atoms with Crippen molar-refractivity contribution in [2.75, 3.05) is 31.5 Å². The minimum Gasteiger partial charge on any atom is -0.367 e. The maximum absolute atomic E-state index is 11.5. The molecule has 3 aromatic heterocycles. The van der Waals surface area contributed by atoms with Gasteiger partial charge in [-0.05, 0) is 12.1 Å². The Balaban J connectivity index is 1.51. The van der Waals surface area contributed by atoms with Gasteiger partial charge in [-0.25, -0.2) is 14.3 Å². The molecule has 9 heteroatoms. The van der Waals surface area contributed by atoms with Crippen LogP contribution in [0.5, 0.6) is 0 Å². The second-order valence-electron chi connectivity index (χ2n) is 5.68. The summed E-state index contributed by atoms with van der Waals surface area (Å²) in [6.45, 7) is 2.75. The van der Waals surface area contributed by atoms with Gasteiger partial charge in [0.2, 0.25) is 0 Å². The number of aryl methyl sites for hydroxylation is 1. The lowest BCUT2D eigenvalue weighted by Gasteiger charge is -2.14. The van der Waals surface area contributed by atoms with E-state index in [1.165, 1.54) is 0 Å². The summed E-state index contributed by atoms with van der Waals surface area (Å²) >= 11 is 0. The molecule has 4 heterocycles. The number of carbonyl (C=O) groups excluding carboxylic acids is 1. The molecule has 0 aliphatic carbocycles. The first-order chi connectivity index (χ1) is 11.7. The molecule has 1 saturated heterocycles. The molecule has 3 aromatic rings. The number of rotatable bonds is 5. The molecule has 0 saturated carbocycles. The molecule has 2 N–H and O–H groups in total. The molecule has 9 nitrogen and oxygen atoms in total. The molecule has 0 unspecified atom stereocenters. The minimum atomic E-state index is -0.00585. The maximum Gasteiger partial charge on any atom is 0.317 e. The zero-order valence-electron chi connectivity index (χ0n) is 13.3. The Morgan fingerprint density at radius 3 is 3.00 bits per heavy atom. The number of hydrogen-bond donors (Lipinski definition) is 2. The van der Waals surface area contributed by atoms with E-state index in [1.807, 2.05) is 25.4 Å². The Bertz CT molecular complexity index is 883. The van der Waals surface area contributed by atoms with Crippen LogP contribution in [-0.2, 0) is 7.05 Å². The summed E-state index contributed by atoms with van der Waals surface area (Å²) in [6, 6.07) is 3.80. The first-order valence-corrected chi connectivity index (χ1v) is 7.81. The summed E-state index contributed by atoms with van der Waals surface area (Å²) in [6.07, 6.45) is 5.51. The van der Waals surface area contributed by atoms with E-state index in [4.69, 9.17) is 0 Å². The Hall–Kier alpha value is -3.10. The molecule has 124 valence electrons. The number of imidazole rings is 1. The fourth-order valence-corrected chi connectivity index (χ4v) is 2.76. The van der Waals surface area contributed by atoms with Crippen molar-refractivity contribution in [3.05, 3.63) is 30.7 Å². The summed E-state index contributed by atoms with van der Waals surface area (Å²) < 4.78 is 3.54. The highest BCUT2D eigenvalue weighted by molar-refractivity contribution is 5.76. The van der Waals surface area contributed by atoms with E-state index in [2.05, 4.69) is 25.8 Å². The largest absolute Gasteiger partial charge is 0.367 e. The van der Waals surface area contributed by atoms with Crippen LogP contribution in [0.3, 0.4) is 0 Å². The van der Waals surface area contributed by atoms with E-state index in [-0.39, 0.29) is 6.03 Å². The van der Waals surface area contributed by atoms with Crippen LogP contribution in [0.15, 0.2) is 30.7 Å². The number of fused-ring (bicyclic) bond motifs is 1. The molecule has 24 heavy (non-hydrogen) atoms. The number of hydrogen-bond acceptors (Lipinski definition) is 5. The maximum atomic E-state index is 11.5. The van der Waals surface area contributed by atoms with E-state index in [9.17, 15) is 4.79 Å². The summed E-state index contributed by atoms with van der Waals surface area (Å²) in [7, 11) is 1.88. The first-order valence-electron chi connectivity index (χ1n) is 7.81. The Kier molecular flexibility index (Phi) is 3.52. The highest BCUT2D eigenvalue weighted by Crippen LogP contribution is 2.19. The topological polar surface area (TPSA) is 92.4 Å². The van der Waals surface area contributed by atoms with Gasteiger partial charge in [0.1, 0.15) is 5.82 Å². The third-order valence-corrected chi connectivity index (χ3v) is 4.00. The molecule has 0 atom stereocenters. The monoisotopic (exact) mass is 326 g/mol. The fourth-order valence-electron chi connectivity index (χ4n) is 2.76. The Morgan fingerprint density at radius 1 is 1.33 bits per heavy atom. The van der Waals surface area contributed by atoms with Crippen LogP contribution in [0.4, 0.5) is 10.6 Å². The van der Waals surface area contributed by atoms with Gasteiger partial charge in [-0.2, -0.15) is 5.10 Å². The molecule has 0 radical (unpaired) electrons. The van der Waals surface area contributed by atoms with Gasteiger partial charge in [-0.1, -0.05) is 0 Å². The van der Waals surface area contributed by atoms with Crippen molar-refractivity contribution in [3.8, 4) is 11.3 Å². The second-order valence-corrected chi connectivity index (χ2v) is 5.68. The molecule has 1 aliphatic heterocycles. The van der Waals surface area contributed by atoms with Crippen LogP contribution >= 0.6 is 0 Å². The van der Waals surface area contributed by atoms with Crippen molar-refractivity contribution < 1.29 is 4.79 Å². The minimum absolute atomic E-state index is 0.00585. The SMILES string of the molecule is Cn1cc(-c2cnc3ccc(NCCN4CCNC4=O)nn23)cn1. The predicted molar refractivity (Wildman–Crippen MR) is 88.7 cm³/mol. The smallest absolute Gasteiger partial charge is 0.317 e. The van der Waals surface area contributed by atoms with Crippen LogP contribution in [0.25, 0.3) is 16.9 Å². The third kappa shape index (κ3) is 2.64. The molecule has 0 bridgehead atoms. The average Bonchev–Trinajstić information content (AvgIpc) is 3.28. The van der Waals surface area contributed by atoms with Crippen molar-refractivity contribution >= 4 is 17.5 Å². The first kappa shape index (κ1) is 14.5. The van der Waals surface area contributed by atoms with Gasteiger partial charge < -0.3 is 15.5 Å². The molecule has 1 aliphatic rings. The number of nitrogens with zero attached hydrogens (tertiary/aromatic N) is 6. The number of nitrogens with one attached hydrogen (secondary N) is 2. The highest BCUT2D eigenvalue weighted by atomic mass is 16.2. The zero-order chi connectivity index (χ0) is 16.5. The Morgan fingerprint density at radius 2 is 2.25 bits per heavy atom. The summed E-state index contributed by atoms with van der Waals surface area (Å²) in [5.41, 5.74) is 2.63. The molecule has 1 fully saturated rings. The van der Waals surface area contributed by atoms with Crippen molar-refractivity contribution in [2.45, 2.75) is 0 Å². The number of amides is 2. The summed E-state index contributed by atoms with van der Waals surface area (Å²) in [4.78, 5) is 17.7. The third-order valence-electron chi connectivity index (χ3n) is 4.00.